The lowest BCUT2D eigenvalue weighted by Crippen LogP contribution is -2.21. The average Bonchev–Trinajstić information content (AvgIpc) is 3.53. The van der Waals surface area contributed by atoms with Crippen molar-refractivity contribution in [3.05, 3.63) is 114 Å². The lowest BCUT2D eigenvalue weighted by molar-refractivity contribution is -0.511. The van der Waals surface area contributed by atoms with Crippen molar-refractivity contribution in [2.45, 2.75) is 18.9 Å². The van der Waals surface area contributed by atoms with Crippen LogP contribution in [0.4, 0.5) is 0 Å². The van der Waals surface area contributed by atoms with Crippen LogP contribution in [0.3, 0.4) is 0 Å². The summed E-state index contributed by atoms with van der Waals surface area (Å²) < 4.78 is 11.4. The molecule has 0 spiro atoms. The van der Waals surface area contributed by atoms with Crippen molar-refractivity contribution in [3.8, 4) is 0 Å². The van der Waals surface area contributed by atoms with E-state index in [0.29, 0.717) is 0 Å². The first kappa shape index (κ1) is 18.0. The zero-order chi connectivity index (χ0) is 22.8. The van der Waals surface area contributed by atoms with Gasteiger partial charge in [-0.05, 0) is 42.1 Å². The van der Waals surface area contributed by atoms with Crippen molar-refractivity contribution in [2.24, 2.45) is 0 Å². The first-order chi connectivity index (χ1) is 17.3. The van der Waals surface area contributed by atoms with Crippen molar-refractivity contribution in [3.63, 3.8) is 0 Å². The van der Waals surface area contributed by atoms with Gasteiger partial charge in [-0.15, -0.1) is 0 Å². The van der Waals surface area contributed by atoms with Gasteiger partial charge in [-0.25, -0.2) is 0 Å². The average molecular weight is 450 g/mol. The van der Waals surface area contributed by atoms with E-state index in [1.165, 1.54) is 60.2 Å². The summed E-state index contributed by atoms with van der Waals surface area (Å²) in [6.45, 7) is 2.14. The second-order valence-corrected chi connectivity index (χ2v) is 10.1. The van der Waals surface area contributed by atoms with Gasteiger partial charge in [0, 0.05) is 45.3 Å². The number of furan rings is 1. The number of aromatic nitrogens is 2. The number of nitrogens with zero attached hydrogens (tertiary/aromatic N) is 2. The molecule has 0 saturated heterocycles. The molecule has 9 rings (SSSR count). The molecular formula is C32H21N2O+. The normalized spacial score (nSPS) is 18.3. The lowest BCUT2D eigenvalue weighted by Gasteiger charge is -2.23. The number of hydrogen-bond acceptors (Lipinski definition) is 1. The highest BCUT2D eigenvalue weighted by atomic mass is 16.3. The topological polar surface area (TPSA) is 22.2 Å². The molecule has 7 aromatic rings. The molecule has 5 heterocycles. The Hall–Kier alpha value is -4.37. The molecule has 0 saturated carbocycles. The van der Waals surface area contributed by atoms with Gasteiger partial charge in [0.25, 0.3) is 0 Å². The number of aryl methyl sites for hydroxylation is 1. The highest BCUT2D eigenvalue weighted by molar-refractivity contribution is 6.16. The second kappa shape index (κ2) is 6.00. The van der Waals surface area contributed by atoms with E-state index in [2.05, 4.69) is 113 Å². The fourth-order valence-electron chi connectivity index (χ4n) is 6.74. The molecule has 0 bridgehead atoms. The van der Waals surface area contributed by atoms with E-state index in [9.17, 15) is 0 Å². The molecule has 2 atom stereocenters. The maximum absolute atomic E-state index is 6.57. The van der Waals surface area contributed by atoms with Gasteiger partial charge in [-0.1, -0.05) is 48.6 Å². The minimum atomic E-state index is 0.134. The monoisotopic (exact) mass is 449 g/mol. The predicted octanol–water partition coefficient (Wildman–Crippen LogP) is 7.45. The molecule has 4 aromatic heterocycles. The van der Waals surface area contributed by atoms with Crippen LogP contribution < -0.4 is 4.40 Å². The fraction of sp³-hybridized carbons (Fsp3) is 0.0938. The maximum atomic E-state index is 6.57. The molecule has 0 amide bonds. The van der Waals surface area contributed by atoms with E-state index in [1.54, 1.807) is 0 Å². The van der Waals surface area contributed by atoms with Crippen LogP contribution in [-0.2, 0) is 0 Å². The molecule has 3 heteroatoms. The summed E-state index contributed by atoms with van der Waals surface area (Å²) in [4.78, 5) is 0. The molecule has 3 nitrogen and oxygen atoms in total. The Labute approximate surface area is 201 Å². The first-order valence-corrected chi connectivity index (χ1v) is 12.3. The molecule has 164 valence electrons. The van der Waals surface area contributed by atoms with E-state index in [-0.39, 0.29) is 12.0 Å². The van der Waals surface area contributed by atoms with Crippen LogP contribution in [-0.4, -0.2) is 4.57 Å². The number of fused-ring (bicyclic) bond motifs is 13. The van der Waals surface area contributed by atoms with Crippen LogP contribution in [0.5, 0.6) is 0 Å². The van der Waals surface area contributed by atoms with Crippen LogP contribution >= 0.6 is 0 Å². The molecule has 2 unspecified atom stereocenters. The van der Waals surface area contributed by atoms with Gasteiger partial charge < -0.3 is 8.98 Å². The quantitative estimate of drug-likeness (QED) is 0.174. The summed E-state index contributed by atoms with van der Waals surface area (Å²) in [7, 11) is 0. The zero-order valence-electron chi connectivity index (χ0n) is 19.2. The molecule has 2 aliphatic rings. The van der Waals surface area contributed by atoms with Crippen molar-refractivity contribution in [1.82, 2.24) is 4.57 Å². The standard InChI is InChI=1S/C32H21N2O/c1-18-9-12-27-25-16-26-22-7-4-6-21-23-10-11-24-20-5-2-3-8-29(20)35-32(24)31(23)34(30(21)22)28(26)15-19(25)13-14-33(27)17-18/h2-17,23,31H,1H3/q+1. The van der Waals surface area contributed by atoms with Gasteiger partial charge in [0.2, 0.25) is 5.52 Å². The van der Waals surface area contributed by atoms with Crippen LogP contribution in [0.15, 0.2) is 95.7 Å². The Morgan fingerprint density at radius 3 is 2.74 bits per heavy atom. The van der Waals surface area contributed by atoms with Crippen molar-refractivity contribution in [1.29, 1.82) is 0 Å². The summed E-state index contributed by atoms with van der Waals surface area (Å²) in [5.74, 6) is 1.37. The van der Waals surface area contributed by atoms with Crippen LogP contribution in [0.1, 0.15) is 34.4 Å². The Morgan fingerprint density at radius 2 is 1.77 bits per heavy atom. The van der Waals surface area contributed by atoms with Crippen molar-refractivity contribution in [2.75, 3.05) is 0 Å². The third-order valence-corrected chi connectivity index (χ3v) is 8.22. The van der Waals surface area contributed by atoms with E-state index < -0.39 is 0 Å². The number of hydrogen-bond donors (Lipinski definition) is 0. The van der Waals surface area contributed by atoms with Gasteiger partial charge in [0.15, 0.2) is 12.4 Å². The Bertz CT molecular complexity index is 2090. The zero-order valence-corrected chi connectivity index (χ0v) is 19.2. The molecule has 0 N–H and O–H groups in total. The van der Waals surface area contributed by atoms with Crippen LogP contribution in [0, 0.1) is 6.92 Å². The summed E-state index contributed by atoms with van der Waals surface area (Å²) >= 11 is 0. The molecule has 3 aromatic carbocycles. The van der Waals surface area contributed by atoms with Gasteiger partial charge >= 0.3 is 0 Å². The largest absolute Gasteiger partial charge is 0.458 e. The Balaban J connectivity index is 1.42. The molecule has 35 heavy (non-hydrogen) atoms. The van der Waals surface area contributed by atoms with E-state index in [0.717, 1.165) is 11.3 Å². The van der Waals surface area contributed by atoms with E-state index in [1.807, 2.05) is 0 Å². The first-order valence-electron chi connectivity index (χ1n) is 12.3. The summed E-state index contributed by atoms with van der Waals surface area (Å²) in [5, 5.41) is 6.39. The van der Waals surface area contributed by atoms with Crippen LogP contribution in [0.25, 0.3) is 55.1 Å². The highest BCUT2D eigenvalue weighted by Gasteiger charge is 2.41. The van der Waals surface area contributed by atoms with Gasteiger partial charge in [-0.3, -0.25) is 0 Å². The van der Waals surface area contributed by atoms with Crippen molar-refractivity contribution < 1.29 is 8.82 Å². The highest BCUT2D eigenvalue weighted by Crippen LogP contribution is 2.54. The maximum Gasteiger partial charge on any atom is 0.218 e. The Kier molecular flexibility index (Phi) is 3.09. The summed E-state index contributed by atoms with van der Waals surface area (Å²) in [6, 6.07) is 26.8. The second-order valence-electron chi connectivity index (χ2n) is 10.1. The minimum absolute atomic E-state index is 0.134. The smallest absolute Gasteiger partial charge is 0.218 e. The van der Waals surface area contributed by atoms with Gasteiger partial charge in [-0.2, -0.15) is 4.40 Å². The number of rotatable bonds is 0. The summed E-state index contributed by atoms with van der Waals surface area (Å²) in [6.07, 6.45) is 9.04. The minimum Gasteiger partial charge on any atom is -0.458 e. The lowest BCUT2D eigenvalue weighted by atomic mass is 9.85. The SMILES string of the molecule is Cc1ccc2c3cc4c5cccc6c5n(c4cc3cc[n+]2c1)C1c2oc3ccccc3c2C=CC61. The Morgan fingerprint density at radius 1 is 0.857 bits per heavy atom. The van der Waals surface area contributed by atoms with E-state index in [4.69, 9.17) is 4.42 Å². The van der Waals surface area contributed by atoms with Gasteiger partial charge in [0.1, 0.15) is 17.4 Å². The van der Waals surface area contributed by atoms with E-state index >= 15 is 0 Å². The van der Waals surface area contributed by atoms with Crippen LogP contribution in [0.2, 0.25) is 0 Å². The third kappa shape index (κ3) is 2.11. The number of para-hydroxylation sites is 2. The molecule has 1 aliphatic carbocycles. The number of benzene rings is 3. The number of pyridine rings is 2. The molecule has 1 aliphatic heterocycles. The molecule has 0 fully saturated rings. The fourth-order valence-corrected chi connectivity index (χ4v) is 6.74. The summed E-state index contributed by atoms with van der Waals surface area (Å²) in [5.41, 5.74) is 8.71. The molecule has 0 radical (unpaired) electrons. The third-order valence-electron chi connectivity index (χ3n) is 8.22. The predicted molar refractivity (Wildman–Crippen MR) is 141 cm³/mol. The molecular weight excluding hydrogens is 428 g/mol. The van der Waals surface area contributed by atoms with Crippen molar-refractivity contribution >= 4 is 55.1 Å². The number of allylic oxidation sites excluding steroid dienone is 1. The van der Waals surface area contributed by atoms with Gasteiger partial charge in [0.05, 0.1) is 16.4 Å².